The molecule has 3 rings (SSSR count). The maximum Gasteiger partial charge on any atom is 0.338 e. The summed E-state index contributed by atoms with van der Waals surface area (Å²) in [6.07, 6.45) is 0. The van der Waals surface area contributed by atoms with E-state index in [1.807, 2.05) is 0 Å². The Labute approximate surface area is 192 Å². The molecule has 0 aliphatic carbocycles. The second-order valence-electron chi connectivity index (χ2n) is 6.75. The molecule has 1 aromatic carbocycles. The van der Waals surface area contributed by atoms with Crippen molar-refractivity contribution in [1.82, 2.24) is 9.80 Å². The van der Waals surface area contributed by atoms with Crippen molar-refractivity contribution in [3.63, 3.8) is 0 Å². The van der Waals surface area contributed by atoms with Gasteiger partial charge in [0.1, 0.15) is 23.4 Å². The van der Waals surface area contributed by atoms with Gasteiger partial charge < -0.3 is 14.5 Å². The van der Waals surface area contributed by atoms with Crippen LogP contribution < -0.4 is 0 Å². The van der Waals surface area contributed by atoms with E-state index in [0.717, 1.165) is 0 Å². The van der Waals surface area contributed by atoms with Gasteiger partial charge >= 0.3 is 5.97 Å². The largest absolute Gasteiger partial charge is 0.463 e. The summed E-state index contributed by atoms with van der Waals surface area (Å²) >= 11 is 4.67. The number of ether oxygens (including phenoxy) is 1. The molecule has 0 spiro atoms. The number of hydrogen-bond donors (Lipinski definition) is 0. The molecular formula is C21H22BrFN4O3S. The number of amidine groups is 1. The summed E-state index contributed by atoms with van der Waals surface area (Å²) in [6.45, 7) is 5.87. The number of thioether (sulfide) groups is 1. The van der Waals surface area contributed by atoms with E-state index in [-0.39, 0.29) is 25.6 Å². The van der Waals surface area contributed by atoms with Gasteiger partial charge in [0.05, 0.1) is 24.4 Å². The molecule has 1 unspecified atom stereocenters. The predicted octanol–water partition coefficient (Wildman–Crippen LogP) is 3.54. The third kappa shape index (κ3) is 4.59. The van der Waals surface area contributed by atoms with Crippen LogP contribution in [0.4, 0.5) is 4.39 Å². The van der Waals surface area contributed by atoms with Gasteiger partial charge in [-0.3, -0.25) is 14.8 Å². The van der Waals surface area contributed by atoms with E-state index in [1.54, 1.807) is 42.3 Å². The van der Waals surface area contributed by atoms with E-state index in [2.05, 4.69) is 27.5 Å². The number of piperazine rings is 1. The fraction of sp³-hybridized carbons (Fsp3) is 0.333. The first-order valence-corrected chi connectivity index (χ1v) is 11.2. The van der Waals surface area contributed by atoms with Crippen molar-refractivity contribution in [3.05, 3.63) is 57.3 Å². The van der Waals surface area contributed by atoms with Gasteiger partial charge in [0.2, 0.25) is 5.91 Å². The molecule has 1 saturated heterocycles. The van der Waals surface area contributed by atoms with Crippen molar-refractivity contribution in [1.29, 1.82) is 0 Å². The van der Waals surface area contributed by atoms with E-state index in [1.165, 1.54) is 23.9 Å². The summed E-state index contributed by atoms with van der Waals surface area (Å²) in [5, 5.41) is 2.17. The van der Waals surface area contributed by atoms with E-state index < -0.39 is 17.8 Å². The highest BCUT2D eigenvalue weighted by Crippen LogP contribution is 2.40. The van der Waals surface area contributed by atoms with E-state index in [0.29, 0.717) is 32.2 Å². The van der Waals surface area contributed by atoms with Crippen LogP contribution in [0.1, 0.15) is 18.5 Å². The number of aliphatic imine (C=N–C) groups is 2. The number of benzene rings is 1. The van der Waals surface area contributed by atoms with Crippen molar-refractivity contribution in [2.75, 3.05) is 33.8 Å². The number of halogens is 2. The van der Waals surface area contributed by atoms with Gasteiger partial charge in [-0.1, -0.05) is 40.3 Å². The van der Waals surface area contributed by atoms with Crippen LogP contribution in [0.3, 0.4) is 0 Å². The second-order valence-corrected chi connectivity index (χ2v) is 8.56. The topological polar surface area (TPSA) is 74.6 Å². The number of fused-ring (bicyclic) bond motifs is 1. The molecule has 164 valence electrons. The monoisotopic (exact) mass is 508 g/mol. The van der Waals surface area contributed by atoms with Crippen LogP contribution in [0.25, 0.3) is 0 Å². The Kier molecular flexibility index (Phi) is 7.32. The normalized spacial score (nSPS) is 19.3. The molecule has 2 aliphatic heterocycles. The van der Waals surface area contributed by atoms with E-state index >= 15 is 0 Å². The minimum atomic E-state index is -0.765. The first-order valence-electron chi connectivity index (χ1n) is 9.51. The minimum absolute atomic E-state index is 0.0155. The first kappa shape index (κ1) is 23.2. The smallest absolute Gasteiger partial charge is 0.338 e. The highest BCUT2D eigenvalue weighted by molar-refractivity contribution is 9.10. The molecule has 0 saturated carbocycles. The van der Waals surface area contributed by atoms with Gasteiger partial charge in [-0.25, -0.2) is 9.18 Å². The zero-order valence-electron chi connectivity index (χ0n) is 17.4. The second kappa shape index (κ2) is 9.78. The SMILES string of the molecule is C=CSC(=NC)C1=NC(c2ccc(F)cc2Br)C(C(=O)OCC)=C2CN(C)C(=O)CN12. The molecule has 7 nitrogen and oxygen atoms in total. The molecule has 0 N–H and O–H groups in total. The van der Waals surface area contributed by atoms with Crippen molar-refractivity contribution in [3.8, 4) is 0 Å². The number of amides is 1. The average Bonchev–Trinajstić information content (AvgIpc) is 2.72. The summed E-state index contributed by atoms with van der Waals surface area (Å²) in [6, 6.07) is 3.47. The Morgan fingerprint density at radius 2 is 2.23 bits per heavy atom. The van der Waals surface area contributed by atoms with Crippen LogP contribution >= 0.6 is 27.7 Å². The van der Waals surface area contributed by atoms with Crippen LogP contribution in [0, 0.1) is 5.82 Å². The maximum absolute atomic E-state index is 13.8. The Morgan fingerprint density at radius 1 is 1.48 bits per heavy atom. The fourth-order valence-electron chi connectivity index (χ4n) is 3.44. The summed E-state index contributed by atoms with van der Waals surface area (Å²) in [5.74, 6) is -0.595. The third-order valence-corrected chi connectivity index (χ3v) is 6.31. The van der Waals surface area contributed by atoms with Gasteiger partial charge in [0.25, 0.3) is 0 Å². The summed E-state index contributed by atoms with van der Waals surface area (Å²) in [7, 11) is 3.30. The predicted molar refractivity (Wildman–Crippen MR) is 123 cm³/mol. The molecule has 1 amide bonds. The van der Waals surface area contributed by atoms with E-state index in [9.17, 15) is 14.0 Å². The van der Waals surface area contributed by atoms with Crippen molar-refractivity contribution in [2.24, 2.45) is 9.98 Å². The number of nitrogens with zero attached hydrogens (tertiary/aromatic N) is 4. The van der Waals surface area contributed by atoms with Crippen molar-refractivity contribution in [2.45, 2.75) is 13.0 Å². The number of carbonyl (C=O) groups excluding carboxylic acids is 2. The van der Waals surface area contributed by atoms with Crippen LogP contribution in [-0.4, -0.2) is 66.3 Å². The molecule has 0 aromatic heterocycles. The Balaban J connectivity index is 2.27. The Morgan fingerprint density at radius 3 is 2.84 bits per heavy atom. The molecule has 0 bridgehead atoms. The van der Waals surface area contributed by atoms with Crippen LogP contribution in [0.15, 0.2) is 55.9 Å². The summed E-state index contributed by atoms with van der Waals surface area (Å²) in [5.41, 5.74) is 1.53. The Bertz CT molecular complexity index is 1020. The maximum atomic E-state index is 13.8. The third-order valence-electron chi connectivity index (χ3n) is 4.87. The zero-order valence-corrected chi connectivity index (χ0v) is 19.8. The van der Waals surface area contributed by atoms with Gasteiger partial charge in [-0.2, -0.15) is 0 Å². The lowest BCUT2D eigenvalue weighted by atomic mass is 9.93. The molecule has 31 heavy (non-hydrogen) atoms. The van der Waals surface area contributed by atoms with Gasteiger partial charge in [0, 0.05) is 18.6 Å². The molecule has 1 fully saturated rings. The lowest BCUT2D eigenvalue weighted by Crippen LogP contribution is -2.53. The molecule has 2 aliphatic rings. The summed E-state index contributed by atoms with van der Waals surface area (Å²) in [4.78, 5) is 37.9. The lowest BCUT2D eigenvalue weighted by molar-refractivity contribution is -0.139. The van der Waals surface area contributed by atoms with Gasteiger partial charge in [-0.15, -0.1) is 0 Å². The van der Waals surface area contributed by atoms with Gasteiger partial charge in [0.15, 0.2) is 5.84 Å². The minimum Gasteiger partial charge on any atom is -0.463 e. The molecular weight excluding hydrogens is 487 g/mol. The van der Waals surface area contributed by atoms with Crippen LogP contribution in [0.5, 0.6) is 0 Å². The summed E-state index contributed by atoms with van der Waals surface area (Å²) < 4.78 is 19.6. The average molecular weight is 509 g/mol. The molecule has 10 heteroatoms. The molecule has 0 radical (unpaired) electrons. The zero-order chi connectivity index (χ0) is 22.7. The fourth-order valence-corrected chi connectivity index (χ4v) is 4.54. The van der Waals surface area contributed by atoms with E-state index in [4.69, 9.17) is 9.73 Å². The quantitative estimate of drug-likeness (QED) is 0.345. The molecule has 1 aromatic rings. The van der Waals surface area contributed by atoms with Crippen LogP contribution in [0.2, 0.25) is 0 Å². The number of esters is 1. The molecule has 1 atom stereocenters. The van der Waals surface area contributed by atoms with Crippen LogP contribution in [-0.2, 0) is 14.3 Å². The number of hydrogen-bond acceptors (Lipinski definition) is 7. The number of likely N-dealkylation sites (N-methyl/N-ethyl adjacent to an activating group) is 1. The van der Waals surface area contributed by atoms with Gasteiger partial charge in [-0.05, 0) is 30.0 Å². The highest BCUT2D eigenvalue weighted by atomic mass is 79.9. The number of rotatable bonds is 5. The van der Waals surface area contributed by atoms with Crippen molar-refractivity contribution >= 4 is 50.4 Å². The molecule has 2 heterocycles. The first-order chi connectivity index (χ1) is 14.8. The van der Waals surface area contributed by atoms with Crippen molar-refractivity contribution < 1.29 is 18.7 Å². The highest BCUT2D eigenvalue weighted by Gasteiger charge is 2.41. The Hall–Kier alpha value is -2.46. The number of carbonyl (C=O) groups is 2. The lowest BCUT2D eigenvalue weighted by Gasteiger charge is -2.41. The standard InChI is InChI=1S/C21H22BrFN4O3S/c1-5-30-21(29)17-15-10-26(4)16(28)11-27(15)19(20(24-3)31-6-2)25-18(17)13-8-7-12(23)9-14(13)22/h6-9,18H,2,5,10-11H2,1,3-4H3.